The van der Waals surface area contributed by atoms with Crippen LogP contribution in [-0.2, 0) is 0 Å². The summed E-state index contributed by atoms with van der Waals surface area (Å²) in [5.74, 6) is -0.810. The van der Waals surface area contributed by atoms with Crippen molar-refractivity contribution in [2.24, 2.45) is 0 Å². The number of anilines is 1. The molecule has 0 spiro atoms. The topological polar surface area (TPSA) is 44.4 Å². The summed E-state index contributed by atoms with van der Waals surface area (Å²) in [7, 11) is 0. The van der Waals surface area contributed by atoms with E-state index in [2.05, 4.69) is 10.6 Å². The Balaban J connectivity index is 2.12. The number of hydrogen-bond acceptors (Lipinski definition) is 3. The van der Waals surface area contributed by atoms with Gasteiger partial charge in [-0.05, 0) is 12.1 Å². The molecule has 0 bridgehead atoms. The molecule has 2 N–H and O–H groups in total. The maximum atomic E-state index is 13.4. The monoisotopic (exact) mass is 255 g/mol. The quantitative estimate of drug-likeness (QED) is 0.726. The highest BCUT2D eigenvalue weighted by Gasteiger charge is 2.33. The molecule has 1 amide bonds. The van der Waals surface area contributed by atoms with Crippen molar-refractivity contribution >= 4 is 23.2 Å². The zero-order chi connectivity index (χ0) is 12.0. The van der Waals surface area contributed by atoms with Gasteiger partial charge in [0.15, 0.2) is 0 Å². The van der Waals surface area contributed by atoms with Crippen LogP contribution in [0.2, 0.25) is 5.02 Å². The standard InChI is InChI=1S/C11H11ClFN3O/c12-7-4-9-6(3-8(7)13)11(17)15-10-5-14-1-2-16(9)10/h3-4,10,14H,1-2,5H2,(H,15,17)/t10-/m0/s1. The summed E-state index contributed by atoms with van der Waals surface area (Å²) in [6.45, 7) is 2.28. The summed E-state index contributed by atoms with van der Waals surface area (Å²) in [5.41, 5.74) is 1.07. The van der Waals surface area contributed by atoms with Gasteiger partial charge in [0.1, 0.15) is 12.0 Å². The number of carbonyl (C=O) groups is 1. The summed E-state index contributed by atoms with van der Waals surface area (Å²) in [4.78, 5) is 13.9. The molecule has 0 saturated carbocycles. The fourth-order valence-corrected chi connectivity index (χ4v) is 2.46. The van der Waals surface area contributed by atoms with E-state index in [0.717, 1.165) is 13.1 Å². The molecular formula is C11H11ClFN3O. The lowest BCUT2D eigenvalue weighted by Gasteiger charge is -2.42. The summed E-state index contributed by atoms with van der Waals surface area (Å²) in [5, 5.41) is 6.09. The molecule has 4 nitrogen and oxygen atoms in total. The van der Waals surface area contributed by atoms with Crippen LogP contribution >= 0.6 is 11.6 Å². The lowest BCUT2D eigenvalue weighted by atomic mass is 10.1. The van der Waals surface area contributed by atoms with Crippen LogP contribution in [0.1, 0.15) is 10.4 Å². The fraction of sp³-hybridized carbons (Fsp3) is 0.364. The number of halogens is 2. The molecule has 1 aromatic rings. The Morgan fingerprint density at radius 2 is 2.29 bits per heavy atom. The number of amides is 1. The predicted octanol–water partition coefficient (Wildman–Crippen LogP) is 0.958. The Bertz CT molecular complexity index is 494. The maximum Gasteiger partial charge on any atom is 0.255 e. The molecule has 1 aromatic carbocycles. The number of nitrogens with one attached hydrogen (secondary N) is 2. The van der Waals surface area contributed by atoms with Gasteiger partial charge < -0.3 is 15.5 Å². The normalized spacial score (nSPS) is 22.8. The minimum atomic E-state index is -0.561. The minimum absolute atomic E-state index is 0.0516. The fourth-order valence-electron chi connectivity index (χ4n) is 2.31. The first kappa shape index (κ1) is 10.8. The summed E-state index contributed by atoms with van der Waals surface area (Å²) >= 11 is 5.78. The maximum absolute atomic E-state index is 13.4. The van der Waals surface area contributed by atoms with Crippen LogP contribution in [0.5, 0.6) is 0 Å². The van der Waals surface area contributed by atoms with Crippen molar-refractivity contribution in [3.8, 4) is 0 Å². The van der Waals surface area contributed by atoms with Crippen molar-refractivity contribution in [1.82, 2.24) is 10.6 Å². The molecule has 2 aliphatic rings. The second-order valence-corrected chi connectivity index (χ2v) is 4.58. The Kier molecular flexibility index (Phi) is 2.45. The molecule has 2 aliphatic heterocycles. The van der Waals surface area contributed by atoms with Gasteiger partial charge in [-0.25, -0.2) is 4.39 Å². The van der Waals surface area contributed by atoms with E-state index in [1.165, 1.54) is 12.1 Å². The van der Waals surface area contributed by atoms with E-state index < -0.39 is 5.82 Å². The molecule has 0 aromatic heterocycles. The lowest BCUT2D eigenvalue weighted by molar-refractivity contribution is 0.0922. The van der Waals surface area contributed by atoms with Gasteiger partial charge >= 0.3 is 0 Å². The Morgan fingerprint density at radius 3 is 3.12 bits per heavy atom. The average Bonchev–Trinajstić information content (AvgIpc) is 2.32. The largest absolute Gasteiger partial charge is 0.348 e. The molecule has 2 heterocycles. The third-order valence-electron chi connectivity index (χ3n) is 3.13. The molecule has 0 radical (unpaired) electrons. The average molecular weight is 256 g/mol. The Hall–Kier alpha value is -1.33. The molecule has 6 heteroatoms. The lowest BCUT2D eigenvalue weighted by Crippen LogP contribution is -2.62. The third kappa shape index (κ3) is 1.66. The SMILES string of the molecule is O=C1N[C@@H]2CNCCN2c2cc(Cl)c(F)cc21. The van der Waals surface area contributed by atoms with Crippen LogP contribution in [0, 0.1) is 5.82 Å². The molecule has 0 aliphatic carbocycles. The van der Waals surface area contributed by atoms with Gasteiger partial charge in [0, 0.05) is 19.6 Å². The highest BCUT2D eigenvalue weighted by Crippen LogP contribution is 2.31. The highest BCUT2D eigenvalue weighted by atomic mass is 35.5. The molecular weight excluding hydrogens is 245 g/mol. The van der Waals surface area contributed by atoms with Crippen molar-refractivity contribution < 1.29 is 9.18 Å². The van der Waals surface area contributed by atoms with E-state index in [1.807, 2.05) is 4.90 Å². The van der Waals surface area contributed by atoms with Crippen LogP contribution < -0.4 is 15.5 Å². The second kappa shape index (κ2) is 3.85. The molecule has 0 unspecified atom stereocenters. The van der Waals surface area contributed by atoms with E-state index >= 15 is 0 Å². The molecule has 1 fully saturated rings. The zero-order valence-electron chi connectivity index (χ0n) is 8.96. The van der Waals surface area contributed by atoms with E-state index in [0.29, 0.717) is 17.8 Å². The number of rotatable bonds is 0. The Morgan fingerprint density at radius 1 is 1.47 bits per heavy atom. The van der Waals surface area contributed by atoms with Crippen LogP contribution in [-0.4, -0.2) is 31.7 Å². The van der Waals surface area contributed by atoms with Crippen molar-refractivity contribution in [3.63, 3.8) is 0 Å². The van der Waals surface area contributed by atoms with Crippen LogP contribution in [0.4, 0.5) is 10.1 Å². The number of nitrogens with zero attached hydrogens (tertiary/aromatic N) is 1. The van der Waals surface area contributed by atoms with Crippen molar-refractivity contribution in [1.29, 1.82) is 0 Å². The summed E-state index contributed by atoms with van der Waals surface area (Å²) in [6, 6.07) is 2.73. The van der Waals surface area contributed by atoms with Gasteiger partial charge in [-0.3, -0.25) is 4.79 Å². The minimum Gasteiger partial charge on any atom is -0.348 e. The molecule has 17 heavy (non-hydrogen) atoms. The van der Waals surface area contributed by atoms with Gasteiger partial charge in [0.25, 0.3) is 5.91 Å². The number of fused-ring (bicyclic) bond motifs is 3. The van der Waals surface area contributed by atoms with Crippen LogP contribution in [0.25, 0.3) is 0 Å². The number of carbonyl (C=O) groups excluding carboxylic acids is 1. The van der Waals surface area contributed by atoms with E-state index in [-0.39, 0.29) is 17.1 Å². The molecule has 1 saturated heterocycles. The molecule has 90 valence electrons. The smallest absolute Gasteiger partial charge is 0.255 e. The zero-order valence-corrected chi connectivity index (χ0v) is 9.72. The van der Waals surface area contributed by atoms with Crippen LogP contribution in [0.15, 0.2) is 12.1 Å². The van der Waals surface area contributed by atoms with E-state index in [1.54, 1.807) is 0 Å². The first-order chi connectivity index (χ1) is 8.16. The van der Waals surface area contributed by atoms with Crippen molar-refractivity contribution in [3.05, 3.63) is 28.5 Å². The van der Waals surface area contributed by atoms with Gasteiger partial charge in [0.05, 0.1) is 16.3 Å². The van der Waals surface area contributed by atoms with Crippen molar-refractivity contribution in [2.45, 2.75) is 6.17 Å². The number of benzene rings is 1. The van der Waals surface area contributed by atoms with Gasteiger partial charge in [-0.15, -0.1) is 0 Å². The molecule has 1 atom stereocenters. The van der Waals surface area contributed by atoms with E-state index in [4.69, 9.17) is 11.6 Å². The molecule has 3 rings (SSSR count). The van der Waals surface area contributed by atoms with Crippen LogP contribution in [0.3, 0.4) is 0 Å². The van der Waals surface area contributed by atoms with Gasteiger partial charge in [0.2, 0.25) is 0 Å². The summed E-state index contributed by atoms with van der Waals surface area (Å²) in [6.07, 6.45) is -0.0784. The third-order valence-corrected chi connectivity index (χ3v) is 3.42. The van der Waals surface area contributed by atoms with Gasteiger partial charge in [-0.1, -0.05) is 11.6 Å². The second-order valence-electron chi connectivity index (χ2n) is 4.17. The number of piperazine rings is 1. The first-order valence-corrected chi connectivity index (χ1v) is 5.82. The highest BCUT2D eigenvalue weighted by molar-refractivity contribution is 6.31. The first-order valence-electron chi connectivity index (χ1n) is 5.44. The summed E-state index contributed by atoms with van der Waals surface area (Å²) < 4.78 is 13.4. The Labute approximate surface area is 103 Å². The predicted molar refractivity (Wildman–Crippen MR) is 62.9 cm³/mol. The number of hydrogen-bond donors (Lipinski definition) is 2. The van der Waals surface area contributed by atoms with E-state index in [9.17, 15) is 9.18 Å². The van der Waals surface area contributed by atoms with Gasteiger partial charge in [-0.2, -0.15) is 0 Å². The van der Waals surface area contributed by atoms with Crippen molar-refractivity contribution in [2.75, 3.05) is 24.5 Å².